The van der Waals surface area contributed by atoms with Gasteiger partial charge in [-0.3, -0.25) is 14.9 Å². The van der Waals surface area contributed by atoms with Crippen molar-refractivity contribution in [2.75, 3.05) is 0 Å². The molecule has 0 aliphatic carbocycles. The van der Waals surface area contributed by atoms with Gasteiger partial charge >= 0.3 is 0 Å². The number of nitrogens with zero attached hydrogens (tertiary/aromatic N) is 1. The average Bonchev–Trinajstić information content (AvgIpc) is 2.47. The highest BCUT2D eigenvalue weighted by Gasteiger charge is 2.10. The highest BCUT2D eigenvalue weighted by Crippen LogP contribution is 2.17. The van der Waals surface area contributed by atoms with E-state index in [2.05, 4.69) is 21.2 Å². The summed E-state index contributed by atoms with van der Waals surface area (Å²) in [7, 11) is 0. The number of aryl methyl sites for hydroxylation is 1. The van der Waals surface area contributed by atoms with Gasteiger partial charge in [-0.25, -0.2) is 0 Å². The summed E-state index contributed by atoms with van der Waals surface area (Å²) < 4.78 is 0.827. The Morgan fingerprint density at radius 1 is 1.29 bits per heavy atom. The summed E-state index contributed by atoms with van der Waals surface area (Å²) in [6, 6.07) is 11.7. The number of hydrogen-bond acceptors (Lipinski definition) is 3. The minimum atomic E-state index is -0.455. The van der Waals surface area contributed by atoms with Gasteiger partial charge in [-0.1, -0.05) is 34.1 Å². The van der Waals surface area contributed by atoms with Crippen LogP contribution in [0.5, 0.6) is 0 Å². The Labute approximate surface area is 130 Å². The number of benzene rings is 2. The van der Waals surface area contributed by atoms with E-state index in [1.807, 2.05) is 19.1 Å². The van der Waals surface area contributed by atoms with Crippen molar-refractivity contribution in [1.29, 1.82) is 0 Å². The molecule has 0 unspecified atom stereocenters. The molecule has 0 bridgehead atoms. The molecular weight excluding hydrogens is 336 g/mol. The quantitative estimate of drug-likeness (QED) is 0.677. The van der Waals surface area contributed by atoms with E-state index < -0.39 is 4.92 Å². The summed E-state index contributed by atoms with van der Waals surface area (Å²) in [6.45, 7) is 2.10. The number of nitrogens with one attached hydrogen (secondary N) is 1. The molecule has 2 rings (SSSR count). The van der Waals surface area contributed by atoms with Crippen LogP contribution in [0.2, 0.25) is 0 Å². The smallest absolute Gasteiger partial charge is 0.269 e. The maximum atomic E-state index is 12.1. The van der Waals surface area contributed by atoms with Crippen LogP contribution in [-0.4, -0.2) is 10.8 Å². The fourth-order valence-electron chi connectivity index (χ4n) is 1.90. The average molecular weight is 349 g/mol. The van der Waals surface area contributed by atoms with Crippen LogP contribution < -0.4 is 5.32 Å². The van der Waals surface area contributed by atoms with Gasteiger partial charge in [0.15, 0.2) is 0 Å². The zero-order valence-corrected chi connectivity index (χ0v) is 12.9. The molecule has 108 valence electrons. The fraction of sp³-hybridized carbons (Fsp3) is 0.133. The van der Waals surface area contributed by atoms with E-state index in [1.165, 1.54) is 12.1 Å². The second-order valence-corrected chi connectivity index (χ2v) is 5.48. The number of halogens is 1. The van der Waals surface area contributed by atoms with E-state index in [9.17, 15) is 14.9 Å². The molecule has 2 aromatic rings. The van der Waals surface area contributed by atoms with Crippen molar-refractivity contribution in [1.82, 2.24) is 5.32 Å². The predicted molar refractivity (Wildman–Crippen MR) is 83.1 cm³/mol. The molecule has 2 aromatic carbocycles. The van der Waals surface area contributed by atoms with Gasteiger partial charge in [0.25, 0.3) is 11.6 Å². The SMILES string of the molecule is Cc1ccc(Br)cc1C(=O)NCc1cccc([N+](=O)[O-])c1. The highest BCUT2D eigenvalue weighted by molar-refractivity contribution is 9.10. The van der Waals surface area contributed by atoms with Crippen LogP contribution in [0.1, 0.15) is 21.5 Å². The molecule has 0 aliphatic rings. The van der Waals surface area contributed by atoms with E-state index in [0.29, 0.717) is 11.1 Å². The lowest BCUT2D eigenvalue weighted by atomic mass is 10.1. The third-order valence-corrected chi connectivity index (χ3v) is 3.51. The molecule has 1 amide bonds. The zero-order valence-electron chi connectivity index (χ0n) is 11.3. The summed E-state index contributed by atoms with van der Waals surface area (Å²) in [5, 5.41) is 13.5. The molecule has 0 fully saturated rings. The molecule has 6 heteroatoms. The molecular formula is C15H13BrN2O3. The third kappa shape index (κ3) is 3.88. The molecule has 0 spiro atoms. The van der Waals surface area contributed by atoms with Gasteiger partial charge in [-0.05, 0) is 30.2 Å². The van der Waals surface area contributed by atoms with Crippen LogP contribution in [0.4, 0.5) is 5.69 Å². The normalized spacial score (nSPS) is 10.2. The summed E-state index contributed by atoms with van der Waals surface area (Å²) in [5.41, 5.74) is 2.15. The minimum absolute atomic E-state index is 0.0142. The Morgan fingerprint density at radius 2 is 2.05 bits per heavy atom. The summed E-state index contributed by atoms with van der Waals surface area (Å²) in [6.07, 6.45) is 0. The minimum Gasteiger partial charge on any atom is -0.348 e. The molecule has 0 radical (unpaired) electrons. The topological polar surface area (TPSA) is 72.2 Å². The van der Waals surface area contributed by atoms with Gasteiger partial charge in [-0.15, -0.1) is 0 Å². The number of carbonyl (C=O) groups is 1. The zero-order chi connectivity index (χ0) is 15.4. The molecule has 0 atom stereocenters. The van der Waals surface area contributed by atoms with Crippen molar-refractivity contribution in [2.24, 2.45) is 0 Å². The first-order valence-electron chi connectivity index (χ1n) is 6.25. The van der Waals surface area contributed by atoms with Crippen molar-refractivity contribution < 1.29 is 9.72 Å². The standard InChI is InChI=1S/C15H13BrN2O3/c1-10-5-6-12(16)8-14(10)15(19)17-9-11-3-2-4-13(7-11)18(20)21/h2-8H,9H2,1H3,(H,17,19). The number of hydrogen-bond donors (Lipinski definition) is 1. The van der Waals surface area contributed by atoms with Crippen molar-refractivity contribution in [2.45, 2.75) is 13.5 Å². The molecule has 21 heavy (non-hydrogen) atoms. The third-order valence-electron chi connectivity index (χ3n) is 3.02. The molecule has 0 aromatic heterocycles. The Hall–Kier alpha value is -2.21. The Balaban J connectivity index is 2.09. The molecule has 5 nitrogen and oxygen atoms in total. The van der Waals surface area contributed by atoms with E-state index in [4.69, 9.17) is 0 Å². The molecule has 1 N–H and O–H groups in total. The van der Waals surface area contributed by atoms with E-state index in [0.717, 1.165) is 10.0 Å². The molecule has 0 saturated heterocycles. The van der Waals surface area contributed by atoms with Crippen molar-refractivity contribution in [3.8, 4) is 0 Å². The van der Waals surface area contributed by atoms with Gasteiger partial charge in [0.1, 0.15) is 0 Å². The van der Waals surface area contributed by atoms with Gasteiger partial charge in [-0.2, -0.15) is 0 Å². The Bertz CT molecular complexity index is 701. The van der Waals surface area contributed by atoms with Crippen LogP contribution in [0.25, 0.3) is 0 Å². The van der Waals surface area contributed by atoms with E-state index in [-0.39, 0.29) is 18.1 Å². The summed E-state index contributed by atoms with van der Waals surface area (Å²) in [4.78, 5) is 22.4. The molecule has 0 aliphatic heterocycles. The Kier molecular flexibility index (Phi) is 4.70. The monoisotopic (exact) mass is 348 g/mol. The van der Waals surface area contributed by atoms with Gasteiger partial charge in [0.2, 0.25) is 0 Å². The predicted octanol–water partition coefficient (Wildman–Crippen LogP) is 3.60. The fourth-order valence-corrected chi connectivity index (χ4v) is 2.26. The molecule has 0 saturated carbocycles. The number of nitro groups is 1. The van der Waals surface area contributed by atoms with E-state index in [1.54, 1.807) is 18.2 Å². The highest BCUT2D eigenvalue weighted by atomic mass is 79.9. The molecule has 0 heterocycles. The van der Waals surface area contributed by atoms with Crippen molar-refractivity contribution >= 4 is 27.5 Å². The van der Waals surface area contributed by atoms with Gasteiger partial charge in [0, 0.05) is 28.7 Å². The lowest BCUT2D eigenvalue weighted by Gasteiger charge is -2.08. The number of carbonyl (C=O) groups excluding carboxylic acids is 1. The summed E-state index contributed by atoms with van der Waals surface area (Å²) in [5.74, 6) is -0.208. The Morgan fingerprint density at radius 3 is 2.76 bits per heavy atom. The number of rotatable bonds is 4. The van der Waals surface area contributed by atoms with Gasteiger partial charge in [0.05, 0.1) is 4.92 Å². The van der Waals surface area contributed by atoms with E-state index >= 15 is 0 Å². The first-order chi connectivity index (χ1) is 9.97. The lowest BCUT2D eigenvalue weighted by Crippen LogP contribution is -2.23. The second kappa shape index (κ2) is 6.49. The number of amides is 1. The van der Waals surface area contributed by atoms with Crippen LogP contribution >= 0.6 is 15.9 Å². The first-order valence-corrected chi connectivity index (χ1v) is 7.04. The van der Waals surface area contributed by atoms with Gasteiger partial charge < -0.3 is 5.32 Å². The maximum Gasteiger partial charge on any atom is 0.269 e. The number of nitro benzene ring substituents is 1. The summed E-state index contributed by atoms with van der Waals surface area (Å²) >= 11 is 3.33. The second-order valence-electron chi connectivity index (χ2n) is 4.57. The van der Waals surface area contributed by atoms with Crippen molar-refractivity contribution in [3.05, 3.63) is 73.7 Å². The first kappa shape index (κ1) is 15.2. The lowest BCUT2D eigenvalue weighted by molar-refractivity contribution is -0.384. The largest absolute Gasteiger partial charge is 0.348 e. The van der Waals surface area contributed by atoms with Crippen LogP contribution in [0.3, 0.4) is 0 Å². The maximum absolute atomic E-state index is 12.1. The van der Waals surface area contributed by atoms with Crippen LogP contribution in [0.15, 0.2) is 46.9 Å². The number of non-ortho nitro benzene ring substituents is 1. The van der Waals surface area contributed by atoms with Crippen LogP contribution in [-0.2, 0) is 6.54 Å². The van der Waals surface area contributed by atoms with Crippen molar-refractivity contribution in [3.63, 3.8) is 0 Å². The van der Waals surface area contributed by atoms with Crippen LogP contribution in [0, 0.1) is 17.0 Å².